The average Bonchev–Trinajstić information content (AvgIpc) is 3.21. The minimum atomic E-state index is -0.207. The van der Waals surface area contributed by atoms with E-state index < -0.39 is 0 Å². The third kappa shape index (κ3) is 3.32. The zero-order valence-corrected chi connectivity index (χ0v) is 14.0. The molecule has 0 spiro atoms. The number of rotatable bonds is 5. The maximum Gasteiger partial charge on any atom is 0.271 e. The van der Waals surface area contributed by atoms with Gasteiger partial charge in [-0.15, -0.1) is 0 Å². The normalized spacial score (nSPS) is 11.2. The van der Waals surface area contributed by atoms with Crippen LogP contribution in [-0.4, -0.2) is 37.0 Å². The molecule has 0 fully saturated rings. The van der Waals surface area contributed by atoms with Crippen molar-refractivity contribution in [1.82, 2.24) is 29.9 Å². The van der Waals surface area contributed by atoms with Gasteiger partial charge in [0.1, 0.15) is 5.82 Å². The van der Waals surface area contributed by atoms with Crippen LogP contribution < -0.4 is 5.32 Å². The van der Waals surface area contributed by atoms with E-state index in [0.29, 0.717) is 22.9 Å². The molecule has 3 aromatic heterocycles. The highest BCUT2D eigenvalue weighted by molar-refractivity contribution is 6.31. The van der Waals surface area contributed by atoms with E-state index in [1.165, 1.54) is 0 Å². The van der Waals surface area contributed by atoms with Crippen molar-refractivity contribution in [2.24, 2.45) is 0 Å². The third-order valence-corrected chi connectivity index (χ3v) is 4.07. The number of benzene rings is 1. The van der Waals surface area contributed by atoms with Crippen molar-refractivity contribution < 1.29 is 4.79 Å². The van der Waals surface area contributed by atoms with Gasteiger partial charge < -0.3 is 10.3 Å². The van der Waals surface area contributed by atoms with Crippen LogP contribution in [0.3, 0.4) is 0 Å². The van der Waals surface area contributed by atoms with Gasteiger partial charge in [0.05, 0.1) is 11.0 Å². The van der Waals surface area contributed by atoms with Gasteiger partial charge in [-0.05, 0) is 30.7 Å². The highest BCUT2D eigenvalue weighted by atomic mass is 35.5. The van der Waals surface area contributed by atoms with E-state index in [-0.39, 0.29) is 5.91 Å². The predicted molar refractivity (Wildman–Crippen MR) is 94.7 cm³/mol. The van der Waals surface area contributed by atoms with Gasteiger partial charge >= 0.3 is 0 Å². The Kier molecular flexibility index (Phi) is 4.07. The van der Waals surface area contributed by atoms with Gasteiger partial charge in [0.15, 0.2) is 11.3 Å². The highest BCUT2D eigenvalue weighted by Crippen LogP contribution is 2.17. The summed E-state index contributed by atoms with van der Waals surface area (Å²) in [6, 6.07) is 8.99. The van der Waals surface area contributed by atoms with Gasteiger partial charge in [0.25, 0.3) is 5.91 Å². The van der Waals surface area contributed by atoms with Gasteiger partial charge in [-0.25, -0.2) is 14.5 Å². The van der Waals surface area contributed by atoms with E-state index in [4.69, 9.17) is 11.6 Å². The second kappa shape index (κ2) is 6.52. The van der Waals surface area contributed by atoms with Gasteiger partial charge in [0.2, 0.25) is 0 Å². The standard InChI is InChI=1S/C17H15ClN6O/c18-11-4-5-12-13(9-11)22-15(21-12)3-1-6-20-17(25)14-10-16-19-7-2-8-24(16)23-14/h2,4-5,7-10H,1,3,6H2,(H,20,25)(H,21,22). The second-order valence-corrected chi connectivity index (χ2v) is 6.09. The Morgan fingerprint density at radius 3 is 3.12 bits per heavy atom. The molecule has 25 heavy (non-hydrogen) atoms. The first-order valence-electron chi connectivity index (χ1n) is 7.92. The smallest absolute Gasteiger partial charge is 0.271 e. The first-order chi connectivity index (χ1) is 12.2. The molecule has 3 heterocycles. The van der Waals surface area contributed by atoms with E-state index in [9.17, 15) is 4.79 Å². The largest absolute Gasteiger partial charge is 0.351 e. The van der Waals surface area contributed by atoms with E-state index in [0.717, 1.165) is 29.7 Å². The molecule has 1 amide bonds. The molecule has 0 saturated carbocycles. The van der Waals surface area contributed by atoms with Crippen molar-refractivity contribution in [2.45, 2.75) is 12.8 Å². The average molecular weight is 355 g/mol. The van der Waals surface area contributed by atoms with Crippen molar-refractivity contribution in [3.05, 3.63) is 59.3 Å². The van der Waals surface area contributed by atoms with Gasteiger partial charge in [-0.1, -0.05) is 11.6 Å². The number of amides is 1. The van der Waals surface area contributed by atoms with Crippen LogP contribution in [0.1, 0.15) is 22.7 Å². The quantitative estimate of drug-likeness (QED) is 0.539. The fraction of sp³-hybridized carbons (Fsp3) is 0.176. The number of carbonyl (C=O) groups excluding carboxylic acids is 1. The van der Waals surface area contributed by atoms with Crippen LogP contribution in [0, 0.1) is 0 Å². The van der Waals surface area contributed by atoms with Gasteiger partial charge in [0, 0.05) is 36.4 Å². The maximum atomic E-state index is 12.2. The topological polar surface area (TPSA) is 88.0 Å². The molecule has 0 aliphatic heterocycles. The molecule has 4 aromatic rings. The summed E-state index contributed by atoms with van der Waals surface area (Å²) in [6.45, 7) is 0.540. The fourth-order valence-corrected chi connectivity index (χ4v) is 2.81. The van der Waals surface area contributed by atoms with Crippen molar-refractivity contribution >= 4 is 34.2 Å². The van der Waals surface area contributed by atoms with E-state index in [2.05, 4.69) is 25.4 Å². The highest BCUT2D eigenvalue weighted by Gasteiger charge is 2.10. The predicted octanol–water partition coefficient (Wildman–Crippen LogP) is 2.62. The van der Waals surface area contributed by atoms with E-state index in [1.807, 2.05) is 18.2 Å². The maximum absolute atomic E-state index is 12.2. The Bertz CT molecular complexity index is 1020. The molecule has 0 unspecified atom stereocenters. The molecule has 0 bridgehead atoms. The van der Waals surface area contributed by atoms with Crippen molar-refractivity contribution in [1.29, 1.82) is 0 Å². The Morgan fingerprint density at radius 2 is 2.24 bits per heavy atom. The monoisotopic (exact) mass is 354 g/mol. The molecule has 8 heteroatoms. The van der Waals surface area contributed by atoms with Crippen LogP contribution in [-0.2, 0) is 6.42 Å². The molecular weight excluding hydrogens is 340 g/mol. The fourth-order valence-electron chi connectivity index (χ4n) is 2.64. The van der Waals surface area contributed by atoms with Crippen molar-refractivity contribution in [3.63, 3.8) is 0 Å². The molecule has 1 aromatic carbocycles. The summed E-state index contributed by atoms with van der Waals surface area (Å²) >= 11 is 5.97. The zero-order valence-electron chi connectivity index (χ0n) is 13.2. The molecule has 4 rings (SSSR count). The summed E-state index contributed by atoms with van der Waals surface area (Å²) in [6.07, 6.45) is 4.93. The SMILES string of the molecule is O=C(NCCCc1nc2ccc(Cl)cc2[nH]1)c1cc2ncccn2n1. The summed E-state index contributed by atoms with van der Waals surface area (Å²) in [5, 5.41) is 7.74. The first-order valence-corrected chi connectivity index (χ1v) is 8.29. The number of nitrogens with one attached hydrogen (secondary N) is 2. The number of imidazole rings is 1. The van der Waals surface area contributed by atoms with Crippen LogP contribution in [0.15, 0.2) is 42.7 Å². The summed E-state index contributed by atoms with van der Waals surface area (Å²) in [5.74, 6) is 0.672. The lowest BCUT2D eigenvalue weighted by Gasteiger charge is -2.01. The molecule has 0 radical (unpaired) electrons. The number of nitrogens with zero attached hydrogens (tertiary/aromatic N) is 4. The number of H-pyrrole nitrogens is 1. The number of hydrogen-bond donors (Lipinski definition) is 2. The number of aromatic amines is 1. The number of halogens is 1. The van der Waals surface area contributed by atoms with Crippen molar-refractivity contribution in [2.75, 3.05) is 6.54 Å². The molecule has 0 atom stereocenters. The lowest BCUT2D eigenvalue weighted by atomic mass is 10.3. The van der Waals surface area contributed by atoms with Gasteiger partial charge in [-0.3, -0.25) is 4.79 Å². The van der Waals surface area contributed by atoms with Crippen LogP contribution in [0.2, 0.25) is 5.02 Å². The van der Waals surface area contributed by atoms with Crippen LogP contribution in [0.5, 0.6) is 0 Å². The molecule has 7 nitrogen and oxygen atoms in total. The lowest BCUT2D eigenvalue weighted by Crippen LogP contribution is -2.25. The van der Waals surface area contributed by atoms with E-state index in [1.54, 1.807) is 29.0 Å². The first kappa shape index (κ1) is 15.6. The minimum Gasteiger partial charge on any atom is -0.351 e. The van der Waals surface area contributed by atoms with Crippen molar-refractivity contribution in [3.8, 4) is 0 Å². The second-order valence-electron chi connectivity index (χ2n) is 5.66. The molecule has 2 N–H and O–H groups in total. The Morgan fingerprint density at radius 1 is 1.32 bits per heavy atom. The summed E-state index contributed by atoms with van der Waals surface area (Å²) in [4.78, 5) is 24.0. The number of carbonyl (C=O) groups is 1. The summed E-state index contributed by atoms with van der Waals surface area (Å²) in [7, 11) is 0. The van der Waals surface area contributed by atoms with Crippen LogP contribution in [0.4, 0.5) is 0 Å². The number of fused-ring (bicyclic) bond motifs is 2. The minimum absolute atomic E-state index is 0.207. The molecule has 0 aliphatic carbocycles. The molecule has 0 aliphatic rings. The summed E-state index contributed by atoms with van der Waals surface area (Å²) in [5.41, 5.74) is 2.81. The van der Waals surface area contributed by atoms with E-state index >= 15 is 0 Å². The van der Waals surface area contributed by atoms with Crippen LogP contribution >= 0.6 is 11.6 Å². The lowest BCUT2D eigenvalue weighted by molar-refractivity contribution is 0.0948. The third-order valence-electron chi connectivity index (χ3n) is 3.84. The Balaban J connectivity index is 1.33. The molecule has 0 saturated heterocycles. The zero-order chi connectivity index (χ0) is 17.2. The summed E-state index contributed by atoms with van der Waals surface area (Å²) < 4.78 is 1.58. The van der Waals surface area contributed by atoms with Crippen LogP contribution in [0.25, 0.3) is 16.7 Å². The number of aromatic nitrogens is 5. The number of aryl methyl sites for hydroxylation is 1. The number of hydrogen-bond acceptors (Lipinski definition) is 4. The molecule has 126 valence electrons. The molecular formula is C17H15ClN6O. The Labute approximate surface area is 148 Å². The van der Waals surface area contributed by atoms with Gasteiger partial charge in [-0.2, -0.15) is 5.10 Å². The Hall–Kier alpha value is -2.93.